The van der Waals surface area contributed by atoms with Crippen LogP contribution in [0.5, 0.6) is 5.75 Å². The van der Waals surface area contributed by atoms with Gasteiger partial charge in [-0.05, 0) is 50.0 Å². The van der Waals surface area contributed by atoms with E-state index < -0.39 is 69.7 Å². The summed E-state index contributed by atoms with van der Waals surface area (Å²) in [4.78, 5) is 55.8. The molecule has 0 saturated carbocycles. The third-order valence-electron chi connectivity index (χ3n) is 8.80. The number of fused-ring (bicyclic) bond motifs is 3. The number of hydrogen-bond donors (Lipinski definition) is 6. The van der Waals surface area contributed by atoms with Gasteiger partial charge in [-0.2, -0.15) is 0 Å². The molecule has 2 unspecified atom stereocenters. The van der Waals surface area contributed by atoms with Crippen LogP contribution in [0.15, 0.2) is 59.1 Å². The van der Waals surface area contributed by atoms with Gasteiger partial charge in [-0.1, -0.05) is 30.3 Å². The van der Waals surface area contributed by atoms with Crippen LogP contribution in [0.3, 0.4) is 0 Å². The summed E-state index contributed by atoms with van der Waals surface area (Å²) in [7, 11) is 6.59. The van der Waals surface area contributed by atoms with Gasteiger partial charge in [0.2, 0.25) is 11.7 Å². The molecule has 0 bridgehead atoms. The number of ketones is 2. The van der Waals surface area contributed by atoms with E-state index in [-0.39, 0.29) is 55.3 Å². The number of nitrogens with two attached hydrogens (primary N) is 1. The van der Waals surface area contributed by atoms with Crippen molar-refractivity contribution >= 4 is 47.2 Å². The number of aliphatic hydroxyl groups excluding tert-OH is 2. The first-order chi connectivity index (χ1) is 21.2. The van der Waals surface area contributed by atoms with Crippen LogP contribution in [0.1, 0.15) is 27.9 Å². The van der Waals surface area contributed by atoms with Crippen molar-refractivity contribution in [1.29, 1.82) is 0 Å². The van der Waals surface area contributed by atoms with Crippen molar-refractivity contribution in [2.45, 2.75) is 31.1 Å². The largest absolute Gasteiger partial charge is 0.510 e. The third-order valence-corrected chi connectivity index (χ3v) is 8.80. The first-order valence-corrected chi connectivity index (χ1v) is 14.3. The molecule has 5 rings (SSSR count). The Morgan fingerprint density at radius 2 is 1.74 bits per heavy atom. The van der Waals surface area contributed by atoms with Crippen LogP contribution in [0.25, 0.3) is 0 Å². The number of Topliss-reactive ketones (excluding diaryl/α,β-unsaturated/α-hetero) is 2. The maximum absolute atomic E-state index is 14.1. The molecule has 46 heavy (non-hydrogen) atoms. The van der Waals surface area contributed by atoms with Crippen LogP contribution in [0, 0.1) is 11.8 Å². The van der Waals surface area contributed by atoms with E-state index in [0.29, 0.717) is 11.3 Å². The summed E-state index contributed by atoms with van der Waals surface area (Å²) in [5, 5.41) is 48.1. The molecule has 246 valence electrons. The third kappa shape index (κ3) is 5.49. The second kappa shape index (κ2) is 12.8. The van der Waals surface area contributed by atoms with Crippen molar-refractivity contribution in [3.8, 4) is 5.75 Å². The van der Waals surface area contributed by atoms with Gasteiger partial charge in [0.15, 0.2) is 17.1 Å². The minimum absolute atomic E-state index is 0. The normalized spacial score (nSPS) is 23.7. The Balaban J connectivity index is 0.00000480. The van der Waals surface area contributed by atoms with Crippen LogP contribution in [-0.2, 0) is 32.1 Å². The van der Waals surface area contributed by atoms with Gasteiger partial charge in [0.25, 0.3) is 5.91 Å². The number of rotatable bonds is 8. The summed E-state index contributed by atoms with van der Waals surface area (Å²) < 4.78 is 5.49. The number of anilines is 2. The monoisotopic (exact) mass is 656 g/mol. The van der Waals surface area contributed by atoms with E-state index in [4.69, 9.17) is 10.5 Å². The van der Waals surface area contributed by atoms with Gasteiger partial charge in [-0.25, -0.2) is 0 Å². The Hall–Kier alpha value is -4.43. The van der Waals surface area contributed by atoms with Crippen molar-refractivity contribution < 1.29 is 44.3 Å². The smallest absolute Gasteiger partial charge is 0.255 e. The number of aliphatic hydroxyl groups is 3. The van der Waals surface area contributed by atoms with Gasteiger partial charge in [0.05, 0.1) is 23.9 Å². The number of aromatic hydroxyl groups is 1. The highest BCUT2D eigenvalue weighted by molar-refractivity contribution is 6.25. The van der Waals surface area contributed by atoms with Crippen LogP contribution in [0.4, 0.5) is 11.4 Å². The Labute approximate surface area is 271 Å². The van der Waals surface area contributed by atoms with Gasteiger partial charge >= 0.3 is 0 Å². The molecule has 4 atom stereocenters. The number of amides is 2. The van der Waals surface area contributed by atoms with Gasteiger partial charge in [-0.15, -0.1) is 12.4 Å². The lowest BCUT2D eigenvalue weighted by Gasteiger charge is -2.50. The number of phenols is 1. The highest BCUT2D eigenvalue weighted by Gasteiger charge is 2.63. The highest BCUT2D eigenvalue weighted by Crippen LogP contribution is 2.53. The zero-order chi connectivity index (χ0) is 33.0. The zero-order valence-corrected chi connectivity index (χ0v) is 26.6. The average Bonchev–Trinajstić information content (AvgIpc) is 2.96. The molecule has 0 radical (unpaired) electrons. The number of carbonyl (C=O) groups is 4. The molecule has 2 amide bonds. The summed E-state index contributed by atoms with van der Waals surface area (Å²) in [5.74, 6) is -8.04. The maximum Gasteiger partial charge on any atom is 0.255 e. The number of allylic oxidation sites excluding steroid dienone is 1. The number of halogens is 1. The summed E-state index contributed by atoms with van der Waals surface area (Å²) in [5.41, 5.74) is 3.02. The summed E-state index contributed by atoms with van der Waals surface area (Å²) in [6, 6.07) is 9.68. The average molecular weight is 657 g/mol. The molecule has 14 heteroatoms. The van der Waals surface area contributed by atoms with Crippen molar-refractivity contribution in [2.24, 2.45) is 17.6 Å². The lowest BCUT2D eigenvalue weighted by molar-refractivity contribution is -0.148. The summed E-state index contributed by atoms with van der Waals surface area (Å²) in [6.07, 6.45) is 0.0840. The Morgan fingerprint density at radius 1 is 1.09 bits per heavy atom. The summed E-state index contributed by atoms with van der Waals surface area (Å²) in [6.45, 7) is -0.154. The lowest BCUT2D eigenvalue weighted by Crippen LogP contribution is -2.63. The topological polar surface area (TPSA) is 203 Å². The molecular weight excluding hydrogens is 620 g/mol. The number of phenolic OH excluding ortho intramolecular Hbond substituents is 1. The quantitative estimate of drug-likeness (QED) is 0.178. The molecule has 0 aliphatic heterocycles. The predicted octanol–water partition coefficient (Wildman–Crippen LogP) is 1.76. The second-order valence-electron chi connectivity index (χ2n) is 12.0. The fourth-order valence-electron chi connectivity index (χ4n) is 6.82. The van der Waals surface area contributed by atoms with E-state index in [0.717, 1.165) is 5.56 Å². The summed E-state index contributed by atoms with van der Waals surface area (Å²) >= 11 is 0. The van der Waals surface area contributed by atoms with Gasteiger partial charge in [0, 0.05) is 31.3 Å². The van der Waals surface area contributed by atoms with E-state index in [9.17, 15) is 39.6 Å². The minimum Gasteiger partial charge on any atom is -0.510 e. The fraction of sp³-hybridized carbons (Fsp3) is 0.375. The first-order valence-electron chi connectivity index (χ1n) is 14.3. The molecule has 3 aliphatic carbocycles. The minimum atomic E-state index is -2.74. The molecule has 13 nitrogen and oxygen atoms in total. The number of carbonyl (C=O) groups excluding carboxylic acids is 4. The number of likely N-dealkylation sites (N-methyl/N-ethyl adjacent to an activating group) is 1. The SMILES string of the molecule is CN(C)c1cc(NC(=O)COCc2ccccc2)c(O)c2c1CC1CC3[C@H](N(C)C)C(O)=C(C(N)=O)C(=O)[C@@]3(O)C(O)=C1C2=O.Cl. The molecule has 2 aromatic rings. The van der Waals surface area contributed by atoms with E-state index in [2.05, 4.69) is 5.32 Å². The molecule has 0 fully saturated rings. The number of primary amides is 1. The van der Waals surface area contributed by atoms with Gasteiger partial charge in [-0.3, -0.25) is 24.1 Å². The molecule has 7 N–H and O–H groups in total. The zero-order valence-electron chi connectivity index (χ0n) is 25.7. The molecular formula is C32H37ClN4O9. The highest BCUT2D eigenvalue weighted by atomic mass is 35.5. The van der Waals surface area contributed by atoms with Crippen LogP contribution in [-0.4, -0.2) is 95.1 Å². The Kier molecular flexibility index (Phi) is 9.55. The number of nitrogens with one attached hydrogen (secondary N) is 1. The molecule has 3 aliphatic rings. The van der Waals surface area contributed by atoms with E-state index in [1.54, 1.807) is 33.1 Å². The molecule has 0 aromatic heterocycles. The maximum atomic E-state index is 14.1. The fourth-order valence-corrected chi connectivity index (χ4v) is 6.82. The number of hydrogen-bond acceptors (Lipinski definition) is 11. The van der Waals surface area contributed by atoms with Crippen LogP contribution >= 0.6 is 12.4 Å². The standard InChI is InChI=1S/C32H36N4O9.ClH/c1-35(2)20-12-19(34-21(37)14-45-13-15-8-6-5-7-9-15)26(38)23-17(20)10-16-11-18-25(36(3)4)28(40)24(31(33)43)30(42)32(18,44)29(41)22(16)27(23)39;/h5-9,12,16,18,25,38,40-41,44H,10-11,13-14H2,1-4H3,(H2,33,43)(H,34,37);1H/t16?,18?,25-,32-;/m0./s1. The van der Waals surface area contributed by atoms with Crippen molar-refractivity contribution in [1.82, 2.24) is 4.90 Å². The first kappa shape index (κ1) is 34.4. The predicted molar refractivity (Wildman–Crippen MR) is 170 cm³/mol. The van der Waals surface area contributed by atoms with E-state index in [1.165, 1.54) is 11.0 Å². The number of ether oxygens (including phenoxy) is 1. The molecule has 0 saturated heterocycles. The van der Waals surface area contributed by atoms with Crippen LogP contribution < -0.4 is 16.0 Å². The Bertz CT molecular complexity index is 1670. The number of nitrogens with zero attached hydrogens (tertiary/aromatic N) is 2. The van der Waals surface area contributed by atoms with Crippen molar-refractivity contribution in [3.05, 3.63) is 75.8 Å². The van der Waals surface area contributed by atoms with Gasteiger partial charge in [0.1, 0.15) is 23.7 Å². The molecule has 0 heterocycles. The molecule has 2 aromatic carbocycles. The van der Waals surface area contributed by atoms with Crippen molar-refractivity contribution in [2.75, 3.05) is 45.0 Å². The van der Waals surface area contributed by atoms with E-state index in [1.807, 2.05) is 30.3 Å². The lowest BCUT2D eigenvalue weighted by atomic mass is 9.58. The van der Waals surface area contributed by atoms with Crippen LogP contribution in [0.2, 0.25) is 0 Å². The molecule has 0 spiro atoms. The second-order valence-corrected chi connectivity index (χ2v) is 12.0. The Morgan fingerprint density at radius 3 is 2.33 bits per heavy atom. The van der Waals surface area contributed by atoms with Gasteiger partial charge < -0.3 is 41.1 Å². The van der Waals surface area contributed by atoms with Crippen molar-refractivity contribution in [3.63, 3.8) is 0 Å². The number of benzene rings is 2. The van der Waals surface area contributed by atoms with E-state index >= 15 is 0 Å².